The number of hydrogen-bond donors (Lipinski definition) is 5. The minimum atomic E-state index is -3.52. The molecule has 0 saturated heterocycles. The molecule has 18 heavy (non-hydrogen) atoms. The maximum absolute atomic E-state index is 11.5. The Morgan fingerprint density at radius 3 is 2.61 bits per heavy atom. The summed E-state index contributed by atoms with van der Waals surface area (Å²) < 4.78 is 25.2. The second-order valence-corrected chi connectivity index (χ2v) is 5.56. The van der Waals surface area contributed by atoms with Gasteiger partial charge in [0.15, 0.2) is 0 Å². The molecule has 0 spiro atoms. The van der Waals surface area contributed by atoms with Gasteiger partial charge in [-0.1, -0.05) is 0 Å². The van der Waals surface area contributed by atoms with Crippen LogP contribution in [0.5, 0.6) is 0 Å². The van der Waals surface area contributed by atoms with E-state index in [2.05, 4.69) is 10.0 Å². The molecule has 0 fully saturated rings. The Morgan fingerprint density at radius 2 is 2.11 bits per heavy atom. The molecule has 0 aromatic heterocycles. The summed E-state index contributed by atoms with van der Waals surface area (Å²) in [6.45, 7) is -0.238. The van der Waals surface area contributed by atoms with Crippen molar-refractivity contribution in [3.63, 3.8) is 0 Å². The van der Waals surface area contributed by atoms with Crippen molar-refractivity contribution >= 4 is 21.4 Å². The van der Waals surface area contributed by atoms with Crippen LogP contribution in [-0.2, 0) is 10.0 Å². The number of rotatable bonds is 6. The summed E-state index contributed by atoms with van der Waals surface area (Å²) >= 11 is 0. The van der Waals surface area contributed by atoms with E-state index in [0.717, 1.165) is 0 Å². The lowest BCUT2D eigenvalue weighted by atomic mass is 10.2. The zero-order chi connectivity index (χ0) is 13.8. The van der Waals surface area contributed by atoms with Gasteiger partial charge < -0.3 is 21.3 Å². The molecule has 1 unspecified atom stereocenters. The van der Waals surface area contributed by atoms with Crippen molar-refractivity contribution in [1.29, 1.82) is 0 Å². The van der Waals surface area contributed by atoms with Crippen LogP contribution in [0.1, 0.15) is 0 Å². The van der Waals surface area contributed by atoms with Crippen LogP contribution in [-0.4, -0.2) is 44.9 Å². The van der Waals surface area contributed by atoms with Crippen molar-refractivity contribution in [1.82, 2.24) is 4.72 Å². The van der Waals surface area contributed by atoms with E-state index in [1.807, 2.05) is 0 Å². The summed E-state index contributed by atoms with van der Waals surface area (Å²) in [4.78, 5) is 0.0655. The predicted octanol–water partition coefficient (Wildman–Crippen LogP) is -1.06. The number of nitrogen functional groups attached to an aromatic ring is 1. The minimum Gasteiger partial charge on any atom is -0.397 e. The normalized spacial score (nSPS) is 13.3. The number of anilines is 2. The lowest BCUT2D eigenvalue weighted by Crippen LogP contribution is -2.23. The van der Waals surface area contributed by atoms with Gasteiger partial charge in [-0.25, -0.2) is 13.1 Å². The average Bonchev–Trinajstić information content (AvgIpc) is 2.36. The van der Waals surface area contributed by atoms with Crippen molar-refractivity contribution < 1.29 is 18.6 Å². The first-order chi connectivity index (χ1) is 8.40. The summed E-state index contributed by atoms with van der Waals surface area (Å²) in [5.41, 5.74) is 6.45. The molecule has 6 N–H and O–H groups in total. The van der Waals surface area contributed by atoms with Crippen LogP contribution in [0.25, 0.3) is 0 Å². The van der Waals surface area contributed by atoms with Gasteiger partial charge in [-0.15, -0.1) is 0 Å². The number of nitrogens with two attached hydrogens (primary N) is 1. The van der Waals surface area contributed by atoms with Gasteiger partial charge >= 0.3 is 0 Å². The van der Waals surface area contributed by atoms with Gasteiger partial charge in [-0.2, -0.15) is 0 Å². The number of aliphatic hydroxyl groups excluding tert-OH is 2. The third-order valence-electron chi connectivity index (χ3n) is 2.34. The van der Waals surface area contributed by atoms with Gasteiger partial charge in [0.1, 0.15) is 0 Å². The van der Waals surface area contributed by atoms with Crippen molar-refractivity contribution in [2.75, 3.05) is 31.2 Å². The Kier molecular flexibility index (Phi) is 4.91. The van der Waals surface area contributed by atoms with Gasteiger partial charge in [0.05, 0.1) is 29.0 Å². The van der Waals surface area contributed by atoms with E-state index in [4.69, 9.17) is 10.8 Å². The molecule has 1 atom stereocenters. The Bertz CT molecular complexity index is 504. The van der Waals surface area contributed by atoms with Crippen molar-refractivity contribution in [3.05, 3.63) is 18.2 Å². The molecule has 0 aliphatic heterocycles. The zero-order valence-electron chi connectivity index (χ0n) is 9.92. The summed E-state index contributed by atoms with van der Waals surface area (Å²) in [6.07, 6.45) is -0.898. The number of benzene rings is 1. The van der Waals surface area contributed by atoms with Crippen LogP contribution in [0.15, 0.2) is 23.1 Å². The van der Waals surface area contributed by atoms with Gasteiger partial charge in [-0.3, -0.25) is 0 Å². The van der Waals surface area contributed by atoms with E-state index in [1.165, 1.54) is 25.2 Å². The average molecular weight is 275 g/mol. The molecule has 1 aromatic carbocycles. The highest BCUT2D eigenvalue weighted by Crippen LogP contribution is 2.22. The summed E-state index contributed by atoms with van der Waals surface area (Å²) in [7, 11) is -2.21. The first-order valence-electron chi connectivity index (χ1n) is 5.26. The molecule has 1 rings (SSSR count). The Morgan fingerprint density at radius 1 is 1.44 bits per heavy atom. The second kappa shape index (κ2) is 6.01. The Balaban J connectivity index is 2.87. The molecule has 0 aliphatic carbocycles. The predicted molar refractivity (Wildman–Crippen MR) is 68.7 cm³/mol. The van der Waals surface area contributed by atoms with Gasteiger partial charge in [0, 0.05) is 6.54 Å². The number of sulfonamides is 1. The zero-order valence-corrected chi connectivity index (χ0v) is 10.7. The lowest BCUT2D eigenvalue weighted by Gasteiger charge is -2.13. The standard InChI is InChI=1S/C10H17N3O4S/c1-12-18(16,17)8-2-3-10(9(11)4-8)13-5-7(15)6-14/h2-4,7,12-15H,5-6,11H2,1H3. The minimum absolute atomic E-state index is 0.0655. The highest BCUT2D eigenvalue weighted by atomic mass is 32.2. The van der Waals surface area contributed by atoms with E-state index in [-0.39, 0.29) is 23.7 Å². The number of hydrogen-bond acceptors (Lipinski definition) is 6. The van der Waals surface area contributed by atoms with Crippen LogP contribution in [0, 0.1) is 0 Å². The largest absolute Gasteiger partial charge is 0.397 e. The molecule has 7 nitrogen and oxygen atoms in total. The quantitative estimate of drug-likeness (QED) is 0.422. The smallest absolute Gasteiger partial charge is 0.240 e. The van der Waals surface area contributed by atoms with Crippen LogP contribution >= 0.6 is 0 Å². The maximum Gasteiger partial charge on any atom is 0.240 e. The third kappa shape index (κ3) is 3.57. The molecule has 102 valence electrons. The van der Waals surface area contributed by atoms with Crippen molar-refractivity contribution in [2.24, 2.45) is 0 Å². The highest BCUT2D eigenvalue weighted by Gasteiger charge is 2.13. The van der Waals surface area contributed by atoms with Crippen molar-refractivity contribution in [2.45, 2.75) is 11.0 Å². The molecule has 8 heteroatoms. The lowest BCUT2D eigenvalue weighted by molar-refractivity contribution is 0.105. The molecule has 0 heterocycles. The highest BCUT2D eigenvalue weighted by molar-refractivity contribution is 7.89. The fraction of sp³-hybridized carbons (Fsp3) is 0.400. The van der Waals surface area contributed by atoms with Gasteiger partial charge in [-0.05, 0) is 25.2 Å². The van der Waals surface area contributed by atoms with E-state index in [9.17, 15) is 13.5 Å². The van der Waals surface area contributed by atoms with E-state index in [1.54, 1.807) is 0 Å². The van der Waals surface area contributed by atoms with Crippen LogP contribution < -0.4 is 15.8 Å². The van der Waals surface area contributed by atoms with E-state index >= 15 is 0 Å². The molecule has 0 radical (unpaired) electrons. The molecule has 0 saturated carbocycles. The van der Waals surface area contributed by atoms with Gasteiger partial charge in [0.25, 0.3) is 0 Å². The SMILES string of the molecule is CNS(=O)(=O)c1ccc(NCC(O)CO)c(N)c1. The summed E-state index contributed by atoms with van der Waals surface area (Å²) in [5.74, 6) is 0. The fourth-order valence-corrected chi connectivity index (χ4v) is 2.04. The third-order valence-corrected chi connectivity index (χ3v) is 3.75. The van der Waals surface area contributed by atoms with Crippen LogP contribution in [0.2, 0.25) is 0 Å². The first kappa shape index (κ1) is 14.7. The van der Waals surface area contributed by atoms with Crippen molar-refractivity contribution in [3.8, 4) is 0 Å². The number of nitrogens with one attached hydrogen (secondary N) is 2. The van der Waals surface area contributed by atoms with Crippen LogP contribution in [0.4, 0.5) is 11.4 Å². The Hall–Kier alpha value is -1.35. The molecule has 0 aliphatic rings. The van der Waals surface area contributed by atoms with E-state index in [0.29, 0.717) is 5.69 Å². The van der Waals surface area contributed by atoms with Crippen LogP contribution in [0.3, 0.4) is 0 Å². The molecular formula is C10H17N3O4S. The Labute approximate surface area is 106 Å². The summed E-state index contributed by atoms with van der Waals surface area (Å²) in [6, 6.07) is 4.22. The maximum atomic E-state index is 11.5. The fourth-order valence-electron chi connectivity index (χ4n) is 1.28. The molecule has 0 amide bonds. The second-order valence-electron chi connectivity index (χ2n) is 3.67. The van der Waals surface area contributed by atoms with E-state index < -0.39 is 16.1 Å². The van der Waals surface area contributed by atoms with Gasteiger partial charge in [0.2, 0.25) is 10.0 Å². The molecule has 0 bridgehead atoms. The molecular weight excluding hydrogens is 258 g/mol. The monoisotopic (exact) mass is 275 g/mol. The summed E-state index contributed by atoms with van der Waals surface area (Å²) in [5, 5.41) is 20.6. The topological polar surface area (TPSA) is 125 Å². The number of aliphatic hydroxyl groups is 2. The first-order valence-corrected chi connectivity index (χ1v) is 6.75. The molecule has 1 aromatic rings.